The fourth-order valence-corrected chi connectivity index (χ4v) is 5.95. The van der Waals surface area contributed by atoms with Gasteiger partial charge in [-0.2, -0.15) is 5.10 Å². The van der Waals surface area contributed by atoms with Gasteiger partial charge in [0, 0.05) is 52.0 Å². The van der Waals surface area contributed by atoms with Gasteiger partial charge in [0.1, 0.15) is 12.4 Å². The molecule has 2 atom stereocenters. The van der Waals surface area contributed by atoms with E-state index in [0.717, 1.165) is 60.1 Å². The van der Waals surface area contributed by atoms with Gasteiger partial charge < -0.3 is 9.64 Å². The maximum Gasteiger partial charge on any atom is 0.223 e. The standard InChI is InChI=1S/C26H36N4O2Si/c1-17(31)29(3)20-7-8-22-18(11-20)12-23(27-22)25-21-13-19-14-26(19,2)15-24(21)30(28-25)16-32-9-10-33(4,5)6/h7-8,11,19H,9-10,12-16H2,1-6H3/t19-,26-/m1/s1. The monoisotopic (exact) mass is 464 g/mol. The van der Waals surface area contributed by atoms with Crippen LogP contribution in [0.5, 0.6) is 0 Å². The number of ether oxygens (including phenoxy) is 1. The highest BCUT2D eigenvalue weighted by Gasteiger charge is 2.54. The van der Waals surface area contributed by atoms with Crippen LogP contribution in [0.25, 0.3) is 0 Å². The summed E-state index contributed by atoms with van der Waals surface area (Å²) in [5.41, 5.74) is 8.35. The highest BCUT2D eigenvalue weighted by molar-refractivity contribution is 6.76. The van der Waals surface area contributed by atoms with Crippen LogP contribution in [-0.4, -0.2) is 43.1 Å². The average molecular weight is 465 g/mol. The number of benzene rings is 1. The number of hydrogen-bond acceptors (Lipinski definition) is 4. The highest BCUT2D eigenvalue weighted by Crippen LogP contribution is 2.59. The Morgan fingerprint density at radius 2 is 2.12 bits per heavy atom. The van der Waals surface area contributed by atoms with Gasteiger partial charge in [-0.25, -0.2) is 4.68 Å². The molecule has 0 radical (unpaired) electrons. The SMILES string of the molecule is CC(=O)N(C)c1ccc2c(c1)CC(c1nn(COCC[Si](C)(C)C)c3c1C[C@@H]1C[C@]1(C)C3)=N2. The molecule has 1 amide bonds. The lowest BCUT2D eigenvalue weighted by Gasteiger charge is -2.20. The Balaban J connectivity index is 1.40. The first-order valence-electron chi connectivity index (χ1n) is 12.2. The van der Waals surface area contributed by atoms with Gasteiger partial charge in [0.25, 0.3) is 0 Å². The number of aliphatic imine (C=N–C) groups is 1. The van der Waals surface area contributed by atoms with Crippen molar-refractivity contribution in [2.45, 2.75) is 71.9 Å². The third-order valence-electron chi connectivity index (χ3n) is 7.75. The summed E-state index contributed by atoms with van der Waals surface area (Å²) in [5.74, 6) is 0.804. The summed E-state index contributed by atoms with van der Waals surface area (Å²) in [5, 5.41) is 5.07. The Bertz CT molecular complexity index is 1150. The van der Waals surface area contributed by atoms with Gasteiger partial charge in [-0.15, -0.1) is 0 Å². The Morgan fingerprint density at radius 1 is 1.33 bits per heavy atom. The van der Waals surface area contributed by atoms with Gasteiger partial charge in [-0.05, 0) is 60.4 Å². The lowest BCUT2D eigenvalue weighted by atomic mass is 9.86. The molecule has 0 saturated heterocycles. The second kappa shape index (κ2) is 7.91. The molecule has 0 unspecified atom stereocenters. The molecule has 2 aromatic rings. The quantitative estimate of drug-likeness (QED) is 0.429. The van der Waals surface area contributed by atoms with E-state index in [2.05, 4.69) is 37.3 Å². The Kier molecular flexibility index (Phi) is 5.40. The second-order valence-electron chi connectivity index (χ2n) is 11.7. The predicted molar refractivity (Wildman–Crippen MR) is 135 cm³/mol. The molecular weight excluding hydrogens is 428 g/mol. The zero-order valence-corrected chi connectivity index (χ0v) is 21.9. The van der Waals surface area contributed by atoms with Crippen molar-refractivity contribution in [2.24, 2.45) is 16.3 Å². The van der Waals surface area contributed by atoms with Crippen LogP contribution in [-0.2, 0) is 35.5 Å². The Morgan fingerprint density at radius 3 is 2.85 bits per heavy atom. The van der Waals surface area contributed by atoms with Crippen LogP contribution in [0, 0.1) is 11.3 Å². The lowest BCUT2D eigenvalue weighted by molar-refractivity contribution is -0.116. The molecule has 1 saturated carbocycles. The van der Waals surface area contributed by atoms with E-state index in [0.29, 0.717) is 12.1 Å². The molecule has 0 N–H and O–H groups in total. The number of amides is 1. The molecule has 2 aliphatic carbocycles. The molecule has 6 nitrogen and oxygen atoms in total. The van der Waals surface area contributed by atoms with Crippen molar-refractivity contribution in [1.29, 1.82) is 0 Å². The zero-order chi connectivity index (χ0) is 23.5. The first-order valence-corrected chi connectivity index (χ1v) is 15.9. The van der Waals surface area contributed by atoms with Crippen LogP contribution in [0.3, 0.4) is 0 Å². The largest absolute Gasteiger partial charge is 0.360 e. The van der Waals surface area contributed by atoms with Gasteiger partial charge in [-0.1, -0.05) is 26.6 Å². The molecule has 176 valence electrons. The molecule has 1 aliphatic heterocycles. The minimum Gasteiger partial charge on any atom is -0.360 e. The highest BCUT2D eigenvalue weighted by atomic mass is 28.3. The van der Waals surface area contributed by atoms with E-state index in [1.807, 2.05) is 19.2 Å². The molecule has 0 bridgehead atoms. The van der Waals surface area contributed by atoms with E-state index in [1.165, 1.54) is 23.7 Å². The van der Waals surface area contributed by atoms with Crippen LogP contribution in [0.1, 0.15) is 42.8 Å². The number of rotatable bonds is 7. The number of hydrogen-bond donors (Lipinski definition) is 0. The Hall–Kier alpha value is -2.25. The summed E-state index contributed by atoms with van der Waals surface area (Å²) < 4.78 is 8.22. The normalized spacial score (nSPS) is 23.0. The third kappa shape index (κ3) is 4.33. The van der Waals surface area contributed by atoms with Crippen LogP contribution in [0.2, 0.25) is 25.7 Å². The van der Waals surface area contributed by atoms with Crippen molar-refractivity contribution in [3.63, 3.8) is 0 Å². The van der Waals surface area contributed by atoms with Crippen LogP contribution >= 0.6 is 0 Å². The summed E-state index contributed by atoms with van der Waals surface area (Å²) in [4.78, 5) is 18.4. The first-order chi connectivity index (χ1) is 15.5. The molecule has 3 aliphatic rings. The van der Waals surface area contributed by atoms with Crippen molar-refractivity contribution in [3.8, 4) is 0 Å². The molecule has 7 heteroatoms. The van der Waals surface area contributed by atoms with E-state index in [4.69, 9.17) is 14.8 Å². The average Bonchev–Trinajstić information content (AvgIpc) is 3.06. The lowest BCUT2D eigenvalue weighted by Crippen LogP contribution is -2.23. The number of nitrogens with zero attached hydrogens (tertiary/aromatic N) is 4. The number of fused-ring (bicyclic) bond motifs is 3. The molecular formula is C26H36N4O2Si. The molecule has 1 aromatic heterocycles. The van der Waals surface area contributed by atoms with E-state index in [1.54, 1.807) is 11.8 Å². The van der Waals surface area contributed by atoms with Gasteiger partial charge in [0.15, 0.2) is 0 Å². The molecule has 1 aromatic carbocycles. The summed E-state index contributed by atoms with van der Waals surface area (Å²) in [6, 6.07) is 7.26. The number of anilines is 1. The van der Waals surface area contributed by atoms with Gasteiger partial charge in [0.2, 0.25) is 5.91 Å². The summed E-state index contributed by atoms with van der Waals surface area (Å²) >= 11 is 0. The fraction of sp³-hybridized carbons (Fsp3) is 0.577. The van der Waals surface area contributed by atoms with E-state index in [9.17, 15) is 4.79 Å². The zero-order valence-electron chi connectivity index (χ0n) is 20.9. The Labute approximate surface area is 198 Å². The van der Waals surface area contributed by atoms with E-state index in [-0.39, 0.29) is 5.91 Å². The van der Waals surface area contributed by atoms with Gasteiger partial charge >= 0.3 is 0 Å². The van der Waals surface area contributed by atoms with Crippen molar-refractivity contribution in [2.75, 3.05) is 18.6 Å². The van der Waals surface area contributed by atoms with Gasteiger partial charge in [-0.3, -0.25) is 9.79 Å². The van der Waals surface area contributed by atoms with E-state index >= 15 is 0 Å². The topological polar surface area (TPSA) is 59.7 Å². The maximum absolute atomic E-state index is 11.8. The third-order valence-corrected chi connectivity index (χ3v) is 9.45. The summed E-state index contributed by atoms with van der Waals surface area (Å²) in [6.45, 7) is 12.5. The number of aromatic nitrogens is 2. The predicted octanol–water partition coefficient (Wildman–Crippen LogP) is 4.98. The van der Waals surface area contributed by atoms with Crippen LogP contribution < -0.4 is 4.90 Å². The minimum atomic E-state index is -1.11. The van der Waals surface area contributed by atoms with Crippen molar-refractivity contribution in [3.05, 3.63) is 40.7 Å². The molecule has 0 spiro atoms. The van der Waals surface area contributed by atoms with Crippen molar-refractivity contribution in [1.82, 2.24) is 9.78 Å². The molecule has 2 heterocycles. The van der Waals surface area contributed by atoms with Crippen molar-refractivity contribution < 1.29 is 9.53 Å². The molecule has 1 fully saturated rings. The second-order valence-corrected chi connectivity index (χ2v) is 17.3. The molecule has 33 heavy (non-hydrogen) atoms. The first kappa shape index (κ1) is 22.5. The maximum atomic E-state index is 11.8. The minimum absolute atomic E-state index is 0.0310. The molecule has 5 rings (SSSR count). The van der Waals surface area contributed by atoms with Crippen molar-refractivity contribution >= 4 is 31.1 Å². The van der Waals surface area contributed by atoms with Crippen LogP contribution in [0.15, 0.2) is 23.2 Å². The van der Waals surface area contributed by atoms with E-state index < -0.39 is 8.07 Å². The summed E-state index contributed by atoms with van der Waals surface area (Å²) in [7, 11) is 0.702. The van der Waals surface area contributed by atoms with Crippen LogP contribution in [0.4, 0.5) is 11.4 Å². The fourth-order valence-electron chi connectivity index (χ4n) is 5.20. The number of carbonyl (C=O) groups excluding carboxylic acids is 1. The number of carbonyl (C=O) groups is 1. The smallest absolute Gasteiger partial charge is 0.223 e. The summed E-state index contributed by atoms with van der Waals surface area (Å²) in [6.07, 6.45) is 4.26. The van der Waals surface area contributed by atoms with Gasteiger partial charge in [0.05, 0.1) is 11.4 Å².